The standard InChI is InChI=1S/C17H15N7OS/c1-11-18-5-6-24(11)16-9-15(19-10-20-16)21-17(25)13-8-12(22-23(13)2)14-4-3-7-26-14/h3-10H,1-2H3,(H,19,20,21,25). The van der Waals surface area contributed by atoms with E-state index in [4.69, 9.17) is 0 Å². The summed E-state index contributed by atoms with van der Waals surface area (Å²) in [6, 6.07) is 7.39. The van der Waals surface area contributed by atoms with Crippen LogP contribution in [-0.4, -0.2) is 35.2 Å². The van der Waals surface area contributed by atoms with Crippen molar-refractivity contribution in [3.63, 3.8) is 0 Å². The van der Waals surface area contributed by atoms with Crippen LogP contribution in [0.25, 0.3) is 16.4 Å². The maximum Gasteiger partial charge on any atom is 0.275 e. The lowest BCUT2D eigenvalue weighted by Crippen LogP contribution is -2.17. The molecule has 0 atom stereocenters. The minimum absolute atomic E-state index is 0.283. The second kappa shape index (κ2) is 6.52. The molecule has 8 nitrogen and oxygen atoms in total. The minimum atomic E-state index is -0.283. The summed E-state index contributed by atoms with van der Waals surface area (Å²) in [5.74, 6) is 1.56. The van der Waals surface area contributed by atoms with Gasteiger partial charge in [0.25, 0.3) is 5.91 Å². The van der Waals surface area contributed by atoms with Gasteiger partial charge in [-0.3, -0.25) is 14.0 Å². The SMILES string of the molecule is Cc1nccn1-c1cc(NC(=O)c2cc(-c3cccs3)nn2C)ncn1. The van der Waals surface area contributed by atoms with Gasteiger partial charge in [0.05, 0.1) is 4.88 Å². The minimum Gasteiger partial charge on any atom is -0.305 e. The molecule has 0 bridgehead atoms. The first kappa shape index (κ1) is 16.2. The molecule has 130 valence electrons. The smallest absolute Gasteiger partial charge is 0.275 e. The zero-order valence-electron chi connectivity index (χ0n) is 14.1. The number of nitrogens with one attached hydrogen (secondary N) is 1. The molecule has 0 saturated carbocycles. The Kier molecular flexibility index (Phi) is 4.05. The van der Waals surface area contributed by atoms with Crippen LogP contribution < -0.4 is 5.32 Å². The summed E-state index contributed by atoms with van der Waals surface area (Å²) >= 11 is 1.58. The number of amides is 1. The third-order valence-corrected chi connectivity index (χ3v) is 4.75. The van der Waals surface area contributed by atoms with Crippen LogP contribution in [0.1, 0.15) is 16.3 Å². The van der Waals surface area contributed by atoms with E-state index in [9.17, 15) is 4.79 Å². The summed E-state index contributed by atoms with van der Waals surface area (Å²) in [5, 5.41) is 9.18. The maximum atomic E-state index is 12.6. The topological polar surface area (TPSA) is 90.5 Å². The number of carbonyl (C=O) groups is 1. The molecular weight excluding hydrogens is 350 g/mol. The summed E-state index contributed by atoms with van der Waals surface area (Å²) < 4.78 is 3.38. The Labute approximate surface area is 153 Å². The van der Waals surface area contributed by atoms with Crippen molar-refractivity contribution in [2.75, 3.05) is 5.32 Å². The molecule has 4 aromatic heterocycles. The molecule has 0 fully saturated rings. The first-order chi connectivity index (χ1) is 12.6. The van der Waals surface area contributed by atoms with Crippen molar-refractivity contribution >= 4 is 23.1 Å². The lowest BCUT2D eigenvalue weighted by atomic mass is 10.3. The van der Waals surface area contributed by atoms with Crippen molar-refractivity contribution in [2.24, 2.45) is 7.05 Å². The largest absolute Gasteiger partial charge is 0.305 e. The van der Waals surface area contributed by atoms with Crippen LogP contribution in [0.5, 0.6) is 0 Å². The van der Waals surface area contributed by atoms with Crippen LogP contribution in [0.4, 0.5) is 5.82 Å². The predicted octanol–water partition coefficient (Wildman–Crippen LogP) is 2.69. The lowest BCUT2D eigenvalue weighted by Gasteiger charge is -2.07. The third-order valence-electron chi connectivity index (χ3n) is 3.85. The fourth-order valence-corrected chi connectivity index (χ4v) is 3.25. The van der Waals surface area contributed by atoms with Crippen molar-refractivity contribution < 1.29 is 4.79 Å². The van der Waals surface area contributed by atoms with Gasteiger partial charge in [-0.05, 0) is 24.4 Å². The molecule has 0 saturated heterocycles. The summed E-state index contributed by atoms with van der Waals surface area (Å²) in [6.07, 6.45) is 4.90. The van der Waals surface area contributed by atoms with Crippen LogP contribution in [0.3, 0.4) is 0 Å². The molecule has 26 heavy (non-hydrogen) atoms. The summed E-state index contributed by atoms with van der Waals surface area (Å²) in [5.41, 5.74) is 1.22. The Morgan fingerprint density at radius 3 is 2.85 bits per heavy atom. The Morgan fingerprint density at radius 1 is 1.23 bits per heavy atom. The number of aromatic nitrogens is 6. The molecule has 0 aliphatic heterocycles. The molecule has 0 aliphatic rings. The quantitative estimate of drug-likeness (QED) is 0.600. The van der Waals surface area contributed by atoms with E-state index in [0.29, 0.717) is 17.3 Å². The first-order valence-electron chi connectivity index (χ1n) is 7.83. The van der Waals surface area contributed by atoms with Crippen LogP contribution in [-0.2, 0) is 7.05 Å². The molecule has 0 aliphatic carbocycles. The molecule has 0 radical (unpaired) electrons. The Balaban J connectivity index is 1.58. The van der Waals surface area contributed by atoms with Crippen molar-refractivity contribution in [2.45, 2.75) is 6.92 Å². The molecule has 0 aromatic carbocycles. The molecule has 1 N–H and O–H groups in total. The fraction of sp³-hybridized carbons (Fsp3) is 0.118. The number of nitrogens with zero attached hydrogens (tertiary/aromatic N) is 6. The van der Waals surface area contributed by atoms with Gasteiger partial charge < -0.3 is 5.32 Å². The maximum absolute atomic E-state index is 12.6. The average molecular weight is 365 g/mol. The van der Waals surface area contributed by atoms with Gasteiger partial charge in [-0.15, -0.1) is 11.3 Å². The Hall–Kier alpha value is -3.33. The van der Waals surface area contributed by atoms with Gasteiger partial charge in [-0.1, -0.05) is 6.07 Å². The van der Waals surface area contributed by atoms with Gasteiger partial charge in [0, 0.05) is 25.5 Å². The summed E-state index contributed by atoms with van der Waals surface area (Å²) in [7, 11) is 1.74. The number of anilines is 1. The normalized spacial score (nSPS) is 10.8. The van der Waals surface area contributed by atoms with Crippen LogP contribution in [0, 0.1) is 6.92 Å². The van der Waals surface area contributed by atoms with E-state index in [1.165, 1.54) is 6.33 Å². The van der Waals surface area contributed by atoms with Gasteiger partial charge in [0.1, 0.15) is 35.2 Å². The second-order valence-electron chi connectivity index (χ2n) is 5.58. The predicted molar refractivity (Wildman–Crippen MR) is 98.4 cm³/mol. The number of carbonyl (C=O) groups excluding carboxylic acids is 1. The van der Waals surface area contributed by atoms with E-state index in [-0.39, 0.29) is 5.91 Å². The van der Waals surface area contributed by atoms with Gasteiger partial charge in [0.15, 0.2) is 0 Å². The van der Waals surface area contributed by atoms with Gasteiger partial charge in [-0.2, -0.15) is 5.10 Å². The zero-order valence-corrected chi connectivity index (χ0v) is 14.9. The van der Waals surface area contributed by atoms with E-state index in [1.54, 1.807) is 47.6 Å². The molecule has 1 amide bonds. The van der Waals surface area contributed by atoms with E-state index < -0.39 is 0 Å². The van der Waals surface area contributed by atoms with E-state index >= 15 is 0 Å². The number of hydrogen-bond acceptors (Lipinski definition) is 6. The fourth-order valence-electron chi connectivity index (χ4n) is 2.57. The monoisotopic (exact) mass is 365 g/mol. The number of hydrogen-bond donors (Lipinski definition) is 1. The summed E-state index contributed by atoms with van der Waals surface area (Å²) in [6.45, 7) is 1.88. The molecule has 4 rings (SSSR count). The lowest BCUT2D eigenvalue weighted by molar-refractivity contribution is 0.101. The number of aryl methyl sites for hydroxylation is 2. The van der Waals surface area contributed by atoms with Crippen LogP contribution >= 0.6 is 11.3 Å². The molecule has 0 unspecified atom stereocenters. The van der Waals surface area contributed by atoms with Gasteiger partial charge >= 0.3 is 0 Å². The Bertz CT molecular complexity index is 1060. The molecule has 9 heteroatoms. The van der Waals surface area contributed by atoms with Gasteiger partial charge in [-0.25, -0.2) is 15.0 Å². The Morgan fingerprint density at radius 2 is 2.12 bits per heavy atom. The average Bonchev–Trinajstić information content (AvgIpc) is 3.35. The van der Waals surface area contributed by atoms with Crippen molar-refractivity contribution in [3.05, 3.63) is 59.9 Å². The highest BCUT2D eigenvalue weighted by Crippen LogP contribution is 2.24. The summed E-state index contributed by atoms with van der Waals surface area (Å²) in [4.78, 5) is 26.2. The van der Waals surface area contributed by atoms with Crippen LogP contribution in [0.2, 0.25) is 0 Å². The van der Waals surface area contributed by atoms with Crippen molar-refractivity contribution in [1.29, 1.82) is 0 Å². The number of thiophene rings is 1. The van der Waals surface area contributed by atoms with E-state index in [2.05, 4.69) is 25.4 Å². The highest BCUT2D eigenvalue weighted by Gasteiger charge is 2.16. The second-order valence-corrected chi connectivity index (χ2v) is 6.52. The van der Waals surface area contributed by atoms with Gasteiger partial charge in [0.2, 0.25) is 0 Å². The third kappa shape index (κ3) is 3.00. The number of rotatable bonds is 4. The highest BCUT2D eigenvalue weighted by molar-refractivity contribution is 7.13. The molecule has 4 heterocycles. The van der Waals surface area contributed by atoms with Crippen LogP contribution in [0.15, 0.2) is 48.4 Å². The van der Waals surface area contributed by atoms with E-state index in [0.717, 1.165) is 16.4 Å². The van der Waals surface area contributed by atoms with Crippen molar-refractivity contribution in [1.82, 2.24) is 29.3 Å². The molecule has 4 aromatic rings. The molecule has 0 spiro atoms. The van der Waals surface area contributed by atoms with Crippen molar-refractivity contribution in [3.8, 4) is 16.4 Å². The van der Waals surface area contributed by atoms with E-state index in [1.807, 2.05) is 29.0 Å². The number of imidazole rings is 1. The molecular formula is C17H15N7OS. The zero-order chi connectivity index (χ0) is 18.1. The highest BCUT2D eigenvalue weighted by atomic mass is 32.1. The first-order valence-corrected chi connectivity index (χ1v) is 8.71.